The Morgan fingerprint density at radius 3 is 2.08 bits per heavy atom. The highest BCUT2D eigenvalue weighted by molar-refractivity contribution is 6.30. The van der Waals surface area contributed by atoms with Gasteiger partial charge >= 0.3 is 24.0 Å². The topological polar surface area (TPSA) is 111 Å². The summed E-state index contributed by atoms with van der Waals surface area (Å²) in [5, 5.41) is 7.54. The number of aliphatic carboxylic acids is 1. The molecular formula is C24H25ClF6N4O4. The zero-order chi connectivity index (χ0) is 29.7. The van der Waals surface area contributed by atoms with Crippen LogP contribution in [0.15, 0.2) is 41.2 Å². The molecule has 3 aromatic rings. The van der Waals surface area contributed by atoms with Crippen molar-refractivity contribution in [3.63, 3.8) is 0 Å². The van der Waals surface area contributed by atoms with Crippen LogP contribution < -0.4 is 11.4 Å². The summed E-state index contributed by atoms with van der Waals surface area (Å²) in [5.74, 6) is -3.75. The van der Waals surface area contributed by atoms with Gasteiger partial charge in [0.2, 0.25) is 5.91 Å². The van der Waals surface area contributed by atoms with Crippen LogP contribution in [0.3, 0.4) is 0 Å². The van der Waals surface area contributed by atoms with Crippen LogP contribution in [0.4, 0.5) is 26.3 Å². The standard InChI is InChI=1S/C22H24ClF3N4O2.C2HF3O2/c1-3-28(4-2)8-9-29-18-12-15(20(27)31)11-17(22(24,25)26)19(18)30(21(29)32)13-14-6-5-7-16(23)10-14;3-2(4,5)1(6)7/h5-7,10-12H,3-4,8-9,13H2,1-2H3,(H2,27,31);(H,6,7). The number of carboxylic acids is 1. The molecule has 3 N–H and O–H groups in total. The highest BCUT2D eigenvalue weighted by Gasteiger charge is 2.38. The van der Waals surface area contributed by atoms with Gasteiger partial charge in [0.1, 0.15) is 0 Å². The summed E-state index contributed by atoms with van der Waals surface area (Å²) in [6, 6.07) is 8.54. The molecule has 15 heteroatoms. The Morgan fingerprint density at radius 2 is 1.62 bits per heavy atom. The normalized spacial score (nSPS) is 11.9. The lowest BCUT2D eigenvalue weighted by Gasteiger charge is -2.18. The Hall–Kier alpha value is -3.52. The molecule has 0 bridgehead atoms. The molecule has 0 atom stereocenters. The fourth-order valence-corrected chi connectivity index (χ4v) is 3.99. The van der Waals surface area contributed by atoms with Crippen molar-refractivity contribution >= 4 is 34.5 Å². The van der Waals surface area contributed by atoms with Gasteiger partial charge in [-0.1, -0.05) is 37.6 Å². The molecule has 1 heterocycles. The van der Waals surface area contributed by atoms with Gasteiger partial charge < -0.3 is 15.7 Å². The molecule has 3 rings (SSSR count). The van der Waals surface area contributed by atoms with Crippen molar-refractivity contribution in [1.29, 1.82) is 0 Å². The number of aromatic nitrogens is 2. The largest absolute Gasteiger partial charge is 0.490 e. The van der Waals surface area contributed by atoms with E-state index in [0.29, 0.717) is 23.2 Å². The first-order valence-corrected chi connectivity index (χ1v) is 11.8. The first-order chi connectivity index (χ1) is 18.0. The molecule has 0 unspecified atom stereocenters. The third-order valence-corrected chi connectivity index (χ3v) is 5.94. The number of primary amides is 1. The molecule has 8 nitrogen and oxygen atoms in total. The summed E-state index contributed by atoms with van der Waals surface area (Å²) < 4.78 is 76.1. The molecule has 0 fully saturated rings. The minimum atomic E-state index is -5.08. The fourth-order valence-electron chi connectivity index (χ4n) is 3.77. The number of amides is 1. The van der Waals surface area contributed by atoms with Crippen LogP contribution >= 0.6 is 11.6 Å². The number of benzene rings is 2. The number of likely N-dealkylation sites (N-methyl/N-ethyl adjacent to an activating group) is 1. The molecule has 2 aromatic carbocycles. The van der Waals surface area contributed by atoms with E-state index in [-0.39, 0.29) is 29.7 Å². The van der Waals surface area contributed by atoms with E-state index in [1.165, 1.54) is 10.6 Å². The van der Waals surface area contributed by atoms with Crippen LogP contribution in [-0.2, 0) is 24.1 Å². The molecule has 0 aliphatic heterocycles. The number of alkyl halides is 6. The maximum Gasteiger partial charge on any atom is 0.490 e. The second kappa shape index (κ2) is 12.6. The Bertz CT molecular complexity index is 1390. The Labute approximate surface area is 223 Å². The maximum absolute atomic E-state index is 14.0. The van der Waals surface area contributed by atoms with Crippen molar-refractivity contribution in [1.82, 2.24) is 14.0 Å². The number of halogens is 7. The van der Waals surface area contributed by atoms with Crippen molar-refractivity contribution in [2.45, 2.75) is 39.3 Å². The number of carboxylic acid groups (broad SMARTS) is 1. The summed E-state index contributed by atoms with van der Waals surface area (Å²) in [6.45, 7) is 5.90. The second-order valence-corrected chi connectivity index (χ2v) is 8.67. The SMILES string of the molecule is CCN(CC)CCn1c(=O)n(Cc2cccc(Cl)c2)c2c(C(F)(F)F)cc(C(N)=O)cc21.O=C(O)C(F)(F)F. The van der Waals surface area contributed by atoms with Crippen molar-refractivity contribution in [2.24, 2.45) is 5.73 Å². The van der Waals surface area contributed by atoms with Gasteiger partial charge in [-0.25, -0.2) is 9.59 Å². The van der Waals surface area contributed by atoms with E-state index in [2.05, 4.69) is 4.90 Å². The Morgan fingerprint density at radius 1 is 1.03 bits per heavy atom. The molecule has 0 saturated carbocycles. The van der Waals surface area contributed by atoms with Crippen LogP contribution in [-0.4, -0.2) is 56.8 Å². The average molecular weight is 583 g/mol. The zero-order valence-electron chi connectivity index (χ0n) is 20.7. The van der Waals surface area contributed by atoms with E-state index in [1.807, 2.05) is 13.8 Å². The molecule has 1 aromatic heterocycles. The number of imidazole rings is 1. The van der Waals surface area contributed by atoms with Gasteiger partial charge in [0, 0.05) is 23.7 Å². The lowest BCUT2D eigenvalue weighted by Crippen LogP contribution is -2.32. The van der Waals surface area contributed by atoms with E-state index in [9.17, 15) is 35.9 Å². The fraction of sp³-hybridized carbons (Fsp3) is 0.375. The first kappa shape index (κ1) is 31.7. The summed E-state index contributed by atoms with van der Waals surface area (Å²) in [5.41, 5.74) is 3.63. The van der Waals surface area contributed by atoms with E-state index in [1.54, 1.807) is 24.3 Å². The summed E-state index contributed by atoms with van der Waals surface area (Å²) in [6.07, 6.45) is -9.88. The Kier molecular flexibility index (Phi) is 10.2. The molecule has 0 radical (unpaired) electrons. The van der Waals surface area contributed by atoms with Crippen LogP contribution in [0.1, 0.15) is 35.3 Å². The number of carbonyl (C=O) groups excluding carboxylic acids is 1. The van der Waals surface area contributed by atoms with Gasteiger partial charge in [0.05, 0.1) is 23.1 Å². The minimum Gasteiger partial charge on any atom is -0.475 e. The van der Waals surface area contributed by atoms with Gasteiger partial charge in [-0.05, 0) is 42.9 Å². The van der Waals surface area contributed by atoms with Crippen molar-refractivity contribution < 1.29 is 41.0 Å². The molecule has 1 amide bonds. The number of hydrogen-bond donors (Lipinski definition) is 2. The number of fused-ring (bicyclic) bond motifs is 1. The lowest BCUT2D eigenvalue weighted by molar-refractivity contribution is -0.192. The quantitative estimate of drug-likeness (QED) is 0.377. The monoisotopic (exact) mass is 582 g/mol. The molecular weight excluding hydrogens is 558 g/mol. The summed E-state index contributed by atoms with van der Waals surface area (Å²) in [4.78, 5) is 36.0. The minimum absolute atomic E-state index is 0.0211. The molecule has 0 saturated heterocycles. The molecule has 39 heavy (non-hydrogen) atoms. The molecule has 214 valence electrons. The van der Waals surface area contributed by atoms with Gasteiger partial charge in [-0.3, -0.25) is 13.9 Å². The van der Waals surface area contributed by atoms with Crippen LogP contribution in [0.2, 0.25) is 5.02 Å². The third-order valence-electron chi connectivity index (χ3n) is 5.71. The van der Waals surface area contributed by atoms with E-state index >= 15 is 0 Å². The number of carbonyl (C=O) groups is 2. The van der Waals surface area contributed by atoms with Crippen LogP contribution in [0.5, 0.6) is 0 Å². The van der Waals surface area contributed by atoms with Gasteiger partial charge in [-0.2, -0.15) is 26.3 Å². The van der Waals surface area contributed by atoms with E-state index in [0.717, 1.165) is 17.7 Å². The predicted octanol–water partition coefficient (Wildman–Crippen LogP) is 4.60. The van der Waals surface area contributed by atoms with E-state index in [4.69, 9.17) is 27.2 Å². The van der Waals surface area contributed by atoms with Crippen molar-refractivity contribution in [3.8, 4) is 0 Å². The van der Waals surface area contributed by atoms with Gasteiger partial charge in [0.25, 0.3) is 0 Å². The zero-order valence-corrected chi connectivity index (χ0v) is 21.5. The van der Waals surface area contributed by atoms with Crippen molar-refractivity contribution in [3.05, 3.63) is 68.6 Å². The van der Waals surface area contributed by atoms with Crippen molar-refractivity contribution in [2.75, 3.05) is 19.6 Å². The predicted molar refractivity (Wildman–Crippen MR) is 132 cm³/mol. The molecule has 0 aliphatic rings. The number of hydrogen-bond acceptors (Lipinski definition) is 4. The maximum atomic E-state index is 14.0. The Balaban J connectivity index is 0.000000673. The third kappa shape index (κ3) is 7.99. The second-order valence-electron chi connectivity index (χ2n) is 8.23. The molecule has 0 spiro atoms. The number of nitrogens with zero attached hydrogens (tertiary/aromatic N) is 3. The number of rotatable bonds is 8. The van der Waals surface area contributed by atoms with Crippen LogP contribution in [0.25, 0.3) is 11.0 Å². The highest BCUT2D eigenvalue weighted by Crippen LogP contribution is 2.36. The van der Waals surface area contributed by atoms with E-state index < -0.39 is 35.5 Å². The van der Waals surface area contributed by atoms with Gasteiger partial charge in [0.15, 0.2) is 0 Å². The summed E-state index contributed by atoms with van der Waals surface area (Å²) >= 11 is 6.02. The first-order valence-electron chi connectivity index (χ1n) is 11.4. The van der Waals surface area contributed by atoms with Crippen LogP contribution in [0, 0.1) is 0 Å². The highest BCUT2D eigenvalue weighted by atomic mass is 35.5. The number of nitrogens with two attached hydrogens (primary N) is 1. The summed E-state index contributed by atoms with van der Waals surface area (Å²) in [7, 11) is 0. The average Bonchev–Trinajstić information content (AvgIpc) is 3.09. The smallest absolute Gasteiger partial charge is 0.475 e. The lowest BCUT2D eigenvalue weighted by atomic mass is 10.1. The molecule has 0 aliphatic carbocycles. The van der Waals surface area contributed by atoms with Gasteiger partial charge in [-0.15, -0.1) is 0 Å².